The zero-order valence-electron chi connectivity index (χ0n) is 8.29. The van der Waals surface area contributed by atoms with Crippen molar-refractivity contribution in [2.75, 3.05) is 7.11 Å². The number of rotatable bonds is 3. The predicted octanol–water partition coefficient (Wildman–Crippen LogP) is 0.00790. The van der Waals surface area contributed by atoms with Crippen LogP contribution in [0.3, 0.4) is 0 Å². The number of hydrogen-bond donors (Lipinski definition) is 3. The van der Waals surface area contributed by atoms with Crippen LogP contribution in [0.5, 0.6) is 5.75 Å². The number of carbonyl (C=O) groups is 1. The summed E-state index contributed by atoms with van der Waals surface area (Å²) < 4.78 is 4.23. The van der Waals surface area contributed by atoms with E-state index < -0.39 is 18.2 Å². The number of aromatic nitrogens is 1. The molecule has 6 nitrogen and oxygen atoms in total. The Morgan fingerprint density at radius 3 is 2.69 bits per heavy atom. The van der Waals surface area contributed by atoms with Crippen molar-refractivity contribution in [2.45, 2.75) is 12.2 Å². The molecule has 1 rings (SSSR count). The second-order valence-corrected chi connectivity index (χ2v) is 3.34. The Bertz CT molecular complexity index is 397. The average molecular weight is 248 g/mol. The molecule has 0 fully saturated rings. The highest BCUT2D eigenvalue weighted by Gasteiger charge is 2.29. The summed E-state index contributed by atoms with van der Waals surface area (Å²) in [5, 5.41) is 28.3. The molecule has 1 heterocycles. The highest BCUT2D eigenvalue weighted by molar-refractivity contribution is 6.29. The monoisotopic (exact) mass is 247 g/mol. The number of aliphatic hydroxyl groups excluding tert-OH is 2. The summed E-state index contributed by atoms with van der Waals surface area (Å²) in [5.41, 5.74) is -0.287. The molecule has 0 saturated heterocycles. The lowest BCUT2D eigenvalue weighted by molar-refractivity contribution is -0.157. The van der Waals surface area contributed by atoms with Crippen LogP contribution in [0.4, 0.5) is 0 Å². The van der Waals surface area contributed by atoms with Crippen molar-refractivity contribution in [3.8, 4) is 5.75 Å². The number of methoxy groups -OCH3 is 1. The van der Waals surface area contributed by atoms with Gasteiger partial charge in [-0.2, -0.15) is 0 Å². The summed E-state index contributed by atoms with van der Waals surface area (Å²) in [6.07, 6.45) is -3.53. The highest BCUT2D eigenvalue weighted by Crippen LogP contribution is 2.26. The average Bonchev–Trinajstić information content (AvgIpc) is 2.29. The molecule has 16 heavy (non-hydrogen) atoms. The van der Waals surface area contributed by atoms with E-state index >= 15 is 0 Å². The van der Waals surface area contributed by atoms with Crippen LogP contribution in [0.25, 0.3) is 0 Å². The minimum Gasteiger partial charge on any atom is -0.506 e. The SMILES string of the molecule is COC(=O)C(O)C(O)c1nc(Cl)ccc1O. The van der Waals surface area contributed by atoms with Gasteiger partial charge in [0.15, 0.2) is 6.10 Å². The van der Waals surface area contributed by atoms with Crippen molar-refractivity contribution in [2.24, 2.45) is 0 Å². The molecule has 0 aliphatic carbocycles. The summed E-state index contributed by atoms with van der Waals surface area (Å²) in [6, 6.07) is 2.50. The minimum absolute atomic E-state index is 0.0175. The number of halogens is 1. The fraction of sp³-hybridized carbons (Fsp3) is 0.333. The molecular weight excluding hydrogens is 238 g/mol. The van der Waals surface area contributed by atoms with Gasteiger partial charge in [0.2, 0.25) is 0 Å². The summed E-state index contributed by atoms with van der Waals surface area (Å²) in [6.45, 7) is 0. The van der Waals surface area contributed by atoms with Gasteiger partial charge in [0.1, 0.15) is 22.7 Å². The first kappa shape index (κ1) is 12.7. The van der Waals surface area contributed by atoms with Crippen LogP contribution in [-0.2, 0) is 9.53 Å². The maximum atomic E-state index is 10.9. The van der Waals surface area contributed by atoms with Crippen molar-refractivity contribution >= 4 is 17.6 Å². The summed E-state index contributed by atoms with van der Waals surface area (Å²) in [5.74, 6) is -1.41. The minimum atomic E-state index is -1.83. The molecule has 1 aromatic heterocycles. The van der Waals surface area contributed by atoms with E-state index in [2.05, 4.69) is 9.72 Å². The third-order valence-electron chi connectivity index (χ3n) is 1.89. The number of carbonyl (C=O) groups excluding carboxylic acids is 1. The normalized spacial score (nSPS) is 14.2. The third kappa shape index (κ3) is 2.60. The summed E-state index contributed by atoms with van der Waals surface area (Å²) in [7, 11) is 1.06. The molecule has 1 aromatic rings. The molecule has 0 bridgehead atoms. The lowest BCUT2D eigenvalue weighted by Gasteiger charge is -2.16. The first-order valence-electron chi connectivity index (χ1n) is 4.26. The van der Waals surface area contributed by atoms with Gasteiger partial charge >= 0.3 is 5.97 Å². The molecule has 2 unspecified atom stereocenters. The number of ether oxygens (including phenoxy) is 1. The van der Waals surface area contributed by atoms with Crippen LogP contribution in [0.2, 0.25) is 5.15 Å². The van der Waals surface area contributed by atoms with Gasteiger partial charge in [-0.1, -0.05) is 11.6 Å². The Kier molecular flexibility index (Phi) is 4.05. The van der Waals surface area contributed by atoms with Gasteiger partial charge in [0.05, 0.1) is 7.11 Å². The lowest BCUT2D eigenvalue weighted by atomic mass is 10.1. The van der Waals surface area contributed by atoms with Crippen LogP contribution in [0.15, 0.2) is 12.1 Å². The zero-order chi connectivity index (χ0) is 12.3. The van der Waals surface area contributed by atoms with Crippen molar-refractivity contribution < 1.29 is 24.9 Å². The van der Waals surface area contributed by atoms with Crippen LogP contribution in [0.1, 0.15) is 11.8 Å². The van der Waals surface area contributed by atoms with Crippen molar-refractivity contribution in [3.05, 3.63) is 23.0 Å². The molecule has 88 valence electrons. The summed E-state index contributed by atoms with van der Waals surface area (Å²) >= 11 is 5.55. The Balaban J connectivity index is 2.99. The number of aliphatic hydroxyl groups is 2. The molecule has 0 aromatic carbocycles. The fourth-order valence-electron chi connectivity index (χ4n) is 1.06. The molecule has 0 radical (unpaired) electrons. The highest BCUT2D eigenvalue weighted by atomic mass is 35.5. The predicted molar refractivity (Wildman–Crippen MR) is 53.9 cm³/mol. The van der Waals surface area contributed by atoms with Crippen LogP contribution < -0.4 is 0 Å². The largest absolute Gasteiger partial charge is 0.506 e. The number of nitrogens with zero attached hydrogens (tertiary/aromatic N) is 1. The second kappa shape index (κ2) is 5.11. The number of pyridine rings is 1. The second-order valence-electron chi connectivity index (χ2n) is 2.95. The molecule has 3 N–H and O–H groups in total. The quantitative estimate of drug-likeness (QED) is 0.514. The van der Waals surface area contributed by atoms with Gasteiger partial charge in [0.25, 0.3) is 0 Å². The van der Waals surface area contributed by atoms with E-state index in [1.807, 2.05) is 0 Å². The first-order chi connectivity index (χ1) is 7.47. The van der Waals surface area contributed by atoms with E-state index in [9.17, 15) is 20.1 Å². The van der Waals surface area contributed by atoms with E-state index in [0.717, 1.165) is 7.11 Å². The number of esters is 1. The smallest absolute Gasteiger partial charge is 0.337 e. The number of aromatic hydroxyl groups is 1. The third-order valence-corrected chi connectivity index (χ3v) is 2.10. The van der Waals surface area contributed by atoms with E-state index in [0.29, 0.717) is 0 Å². The Hall–Kier alpha value is -1.37. The van der Waals surface area contributed by atoms with E-state index in [4.69, 9.17) is 11.6 Å². The first-order valence-corrected chi connectivity index (χ1v) is 4.64. The van der Waals surface area contributed by atoms with Gasteiger partial charge < -0.3 is 20.1 Å². The van der Waals surface area contributed by atoms with Gasteiger partial charge in [0, 0.05) is 0 Å². The standard InChI is InChI=1S/C9H10ClNO5/c1-16-9(15)8(14)7(13)6-4(12)2-3-5(10)11-6/h2-3,7-8,12-14H,1H3. The van der Waals surface area contributed by atoms with Crippen LogP contribution in [-0.4, -0.2) is 39.5 Å². The maximum absolute atomic E-state index is 10.9. The molecule has 2 atom stereocenters. The fourth-order valence-corrected chi connectivity index (χ4v) is 1.21. The lowest BCUT2D eigenvalue weighted by Crippen LogP contribution is -2.29. The maximum Gasteiger partial charge on any atom is 0.337 e. The van der Waals surface area contributed by atoms with Gasteiger partial charge in [-0.3, -0.25) is 0 Å². The van der Waals surface area contributed by atoms with Gasteiger partial charge in [-0.25, -0.2) is 9.78 Å². The Morgan fingerprint density at radius 1 is 1.50 bits per heavy atom. The number of hydrogen-bond acceptors (Lipinski definition) is 6. The topological polar surface area (TPSA) is 99.9 Å². The summed E-state index contributed by atoms with van der Waals surface area (Å²) in [4.78, 5) is 14.6. The van der Waals surface area contributed by atoms with E-state index in [-0.39, 0.29) is 16.6 Å². The van der Waals surface area contributed by atoms with Gasteiger partial charge in [-0.05, 0) is 12.1 Å². The van der Waals surface area contributed by atoms with E-state index in [1.165, 1.54) is 12.1 Å². The van der Waals surface area contributed by atoms with Crippen molar-refractivity contribution in [1.82, 2.24) is 4.98 Å². The molecule has 0 spiro atoms. The van der Waals surface area contributed by atoms with Gasteiger partial charge in [-0.15, -0.1) is 0 Å². The van der Waals surface area contributed by atoms with Crippen molar-refractivity contribution in [1.29, 1.82) is 0 Å². The molecule has 0 saturated carbocycles. The molecule has 7 heteroatoms. The van der Waals surface area contributed by atoms with Crippen LogP contribution >= 0.6 is 11.6 Å². The Labute approximate surface area is 96.1 Å². The molecule has 0 aliphatic heterocycles. The zero-order valence-corrected chi connectivity index (χ0v) is 9.05. The van der Waals surface area contributed by atoms with Crippen LogP contribution in [0, 0.1) is 0 Å². The molecular formula is C9H10ClNO5. The molecule has 0 aliphatic rings. The van der Waals surface area contributed by atoms with Crippen molar-refractivity contribution in [3.63, 3.8) is 0 Å². The molecule has 0 amide bonds. The van der Waals surface area contributed by atoms with E-state index in [1.54, 1.807) is 0 Å². The Morgan fingerprint density at radius 2 is 2.12 bits per heavy atom.